The summed E-state index contributed by atoms with van der Waals surface area (Å²) in [6, 6.07) is 13.1. The Bertz CT molecular complexity index is 823. The molecule has 2 aromatic rings. The van der Waals surface area contributed by atoms with Crippen molar-refractivity contribution < 1.29 is 28.6 Å². The normalized spacial score (nSPS) is 10.1. The van der Waals surface area contributed by atoms with E-state index in [0.29, 0.717) is 23.5 Å². The topological polar surface area (TPSA) is 103 Å². The zero-order chi connectivity index (χ0) is 20.4. The molecule has 8 heteroatoms. The summed E-state index contributed by atoms with van der Waals surface area (Å²) in [6.45, 7) is 2.13. The van der Waals surface area contributed by atoms with Gasteiger partial charge in [-0.25, -0.2) is 4.79 Å². The first-order valence-electron chi connectivity index (χ1n) is 8.61. The van der Waals surface area contributed by atoms with Crippen molar-refractivity contribution >= 4 is 17.8 Å². The molecule has 0 spiro atoms. The molecule has 0 aromatic heterocycles. The quantitative estimate of drug-likeness (QED) is 0.530. The van der Waals surface area contributed by atoms with Gasteiger partial charge in [-0.2, -0.15) is 0 Å². The lowest BCUT2D eigenvalue weighted by Crippen LogP contribution is -2.43. The van der Waals surface area contributed by atoms with Crippen LogP contribution in [0.3, 0.4) is 0 Å². The summed E-state index contributed by atoms with van der Waals surface area (Å²) in [6.07, 6.45) is 0. The molecule has 8 nitrogen and oxygen atoms in total. The van der Waals surface area contributed by atoms with Crippen molar-refractivity contribution in [3.63, 3.8) is 0 Å². The maximum absolute atomic E-state index is 12.2. The van der Waals surface area contributed by atoms with Crippen LogP contribution in [0, 0.1) is 0 Å². The predicted octanol–water partition coefficient (Wildman–Crippen LogP) is 1.85. The Labute approximate surface area is 162 Å². The van der Waals surface area contributed by atoms with E-state index in [1.165, 1.54) is 13.2 Å². The molecule has 0 saturated heterocycles. The van der Waals surface area contributed by atoms with Gasteiger partial charge in [-0.1, -0.05) is 18.2 Å². The average molecular weight is 386 g/mol. The molecule has 0 saturated carbocycles. The predicted molar refractivity (Wildman–Crippen MR) is 101 cm³/mol. The molecule has 148 valence electrons. The van der Waals surface area contributed by atoms with Gasteiger partial charge < -0.3 is 14.2 Å². The van der Waals surface area contributed by atoms with E-state index in [1.54, 1.807) is 42.5 Å². The minimum Gasteiger partial charge on any atom is -0.496 e. The third-order valence-corrected chi connectivity index (χ3v) is 3.66. The molecule has 0 atom stereocenters. The van der Waals surface area contributed by atoms with Gasteiger partial charge in [0.25, 0.3) is 11.8 Å². The number of rotatable bonds is 8. The van der Waals surface area contributed by atoms with Crippen molar-refractivity contribution in [2.75, 3.05) is 20.3 Å². The lowest BCUT2D eigenvalue weighted by Gasteiger charge is -2.11. The minimum atomic E-state index is -0.676. The maximum atomic E-state index is 12.2. The van der Waals surface area contributed by atoms with Crippen LogP contribution in [0.5, 0.6) is 5.75 Å². The Kier molecular flexibility index (Phi) is 7.98. The van der Waals surface area contributed by atoms with Crippen LogP contribution in [0.4, 0.5) is 0 Å². The Morgan fingerprint density at radius 2 is 1.71 bits per heavy atom. The number of benzene rings is 2. The first-order chi connectivity index (χ1) is 13.5. The van der Waals surface area contributed by atoms with Gasteiger partial charge in [0.2, 0.25) is 0 Å². The number of hydrazine groups is 1. The Morgan fingerprint density at radius 3 is 2.39 bits per heavy atom. The largest absolute Gasteiger partial charge is 0.496 e. The summed E-state index contributed by atoms with van der Waals surface area (Å²) < 4.78 is 15.6. The van der Waals surface area contributed by atoms with Crippen molar-refractivity contribution in [3.8, 4) is 5.75 Å². The fourth-order valence-electron chi connectivity index (χ4n) is 2.27. The number of ether oxygens (including phenoxy) is 3. The molecule has 0 aliphatic rings. The zero-order valence-electron chi connectivity index (χ0n) is 15.7. The number of amides is 2. The minimum absolute atomic E-state index is 0.261. The summed E-state index contributed by atoms with van der Waals surface area (Å²) in [5.41, 5.74) is 5.78. The van der Waals surface area contributed by atoms with Crippen LogP contribution in [0.25, 0.3) is 0 Å². The Hall–Kier alpha value is -3.39. The highest BCUT2D eigenvalue weighted by atomic mass is 16.5. The second kappa shape index (κ2) is 10.7. The molecule has 2 aromatic carbocycles. The van der Waals surface area contributed by atoms with E-state index in [1.807, 2.05) is 6.92 Å². The summed E-state index contributed by atoms with van der Waals surface area (Å²) in [5, 5.41) is 0. The highest BCUT2D eigenvalue weighted by Gasteiger charge is 2.14. The van der Waals surface area contributed by atoms with Crippen molar-refractivity contribution in [2.24, 2.45) is 0 Å². The molecule has 0 bridgehead atoms. The van der Waals surface area contributed by atoms with Crippen molar-refractivity contribution in [2.45, 2.75) is 13.5 Å². The van der Waals surface area contributed by atoms with E-state index in [-0.39, 0.29) is 12.2 Å². The van der Waals surface area contributed by atoms with Crippen molar-refractivity contribution in [3.05, 3.63) is 65.2 Å². The molecule has 0 unspecified atom stereocenters. The van der Waals surface area contributed by atoms with Crippen LogP contribution < -0.4 is 15.6 Å². The summed E-state index contributed by atoms with van der Waals surface area (Å²) in [4.78, 5) is 35.8. The molecule has 0 aliphatic heterocycles. The Morgan fingerprint density at radius 1 is 0.964 bits per heavy atom. The number of carbonyl (C=O) groups excluding carboxylic acids is 3. The van der Waals surface area contributed by atoms with Gasteiger partial charge in [0, 0.05) is 17.7 Å². The van der Waals surface area contributed by atoms with Crippen LogP contribution in [0.15, 0.2) is 48.5 Å². The van der Waals surface area contributed by atoms with Gasteiger partial charge >= 0.3 is 5.97 Å². The van der Waals surface area contributed by atoms with Crippen molar-refractivity contribution in [1.82, 2.24) is 10.9 Å². The van der Waals surface area contributed by atoms with Gasteiger partial charge in [0.15, 0.2) is 6.61 Å². The first kappa shape index (κ1) is 20.9. The molecule has 2 amide bonds. The van der Waals surface area contributed by atoms with Crippen LogP contribution in [0.1, 0.15) is 33.2 Å². The highest BCUT2D eigenvalue weighted by Crippen LogP contribution is 2.21. The lowest BCUT2D eigenvalue weighted by atomic mass is 10.1. The number of hydrogen-bond donors (Lipinski definition) is 2. The van der Waals surface area contributed by atoms with Crippen LogP contribution in [-0.4, -0.2) is 38.1 Å². The monoisotopic (exact) mass is 386 g/mol. The maximum Gasteiger partial charge on any atom is 0.338 e. The smallest absolute Gasteiger partial charge is 0.338 e. The molecular formula is C20H22N2O6. The third-order valence-electron chi connectivity index (χ3n) is 3.66. The van der Waals surface area contributed by atoms with Crippen LogP contribution in [-0.2, 0) is 20.9 Å². The third kappa shape index (κ3) is 6.10. The van der Waals surface area contributed by atoms with Crippen molar-refractivity contribution in [1.29, 1.82) is 0 Å². The van der Waals surface area contributed by atoms with Gasteiger partial charge in [0.1, 0.15) is 5.75 Å². The fourth-order valence-corrected chi connectivity index (χ4v) is 2.27. The number of nitrogens with one attached hydrogen (secondary N) is 2. The summed E-state index contributed by atoms with van der Waals surface area (Å²) in [7, 11) is 1.52. The molecule has 28 heavy (non-hydrogen) atoms. The van der Waals surface area contributed by atoms with E-state index in [2.05, 4.69) is 10.9 Å². The second-order valence-electron chi connectivity index (χ2n) is 5.61. The summed E-state index contributed by atoms with van der Waals surface area (Å²) in [5.74, 6) is -1.23. The molecule has 0 fully saturated rings. The van der Waals surface area contributed by atoms with Crippen LogP contribution in [0.2, 0.25) is 0 Å². The zero-order valence-corrected chi connectivity index (χ0v) is 15.7. The van der Waals surface area contributed by atoms with E-state index < -0.39 is 24.4 Å². The molecule has 2 N–H and O–H groups in total. The SMILES string of the molecule is CCOCc1cc(C(=O)OCC(=O)NNC(=O)c2ccccc2)ccc1OC. The molecule has 2 rings (SSSR count). The number of carbonyl (C=O) groups is 3. The van der Waals surface area contributed by atoms with E-state index >= 15 is 0 Å². The van der Waals surface area contributed by atoms with Gasteiger partial charge in [-0.3, -0.25) is 20.4 Å². The average Bonchev–Trinajstić information content (AvgIpc) is 2.74. The molecule has 0 radical (unpaired) electrons. The summed E-state index contributed by atoms with van der Waals surface area (Å²) >= 11 is 0. The highest BCUT2D eigenvalue weighted by molar-refractivity contribution is 5.96. The van der Waals surface area contributed by atoms with Gasteiger partial charge in [-0.15, -0.1) is 0 Å². The first-order valence-corrected chi connectivity index (χ1v) is 8.61. The van der Waals surface area contributed by atoms with E-state index in [9.17, 15) is 14.4 Å². The fraction of sp³-hybridized carbons (Fsp3) is 0.250. The van der Waals surface area contributed by atoms with Gasteiger partial charge in [0.05, 0.1) is 19.3 Å². The van der Waals surface area contributed by atoms with E-state index in [0.717, 1.165) is 0 Å². The molecule has 0 heterocycles. The molecule has 0 aliphatic carbocycles. The van der Waals surface area contributed by atoms with Crippen LogP contribution >= 0.6 is 0 Å². The number of esters is 1. The van der Waals surface area contributed by atoms with E-state index in [4.69, 9.17) is 14.2 Å². The standard InChI is InChI=1S/C20H22N2O6/c1-3-27-12-16-11-15(9-10-17(16)26-2)20(25)28-13-18(23)21-22-19(24)14-7-5-4-6-8-14/h4-11H,3,12-13H2,1-2H3,(H,21,23)(H,22,24). The Balaban J connectivity index is 1.85. The molecular weight excluding hydrogens is 364 g/mol. The second-order valence-corrected chi connectivity index (χ2v) is 5.61. The number of methoxy groups -OCH3 is 1. The van der Waals surface area contributed by atoms with Gasteiger partial charge in [-0.05, 0) is 37.3 Å². The number of hydrogen-bond acceptors (Lipinski definition) is 6. The lowest BCUT2D eigenvalue weighted by molar-refractivity contribution is -0.125.